The molecule has 0 radical (unpaired) electrons. The number of aliphatic hydroxyl groups is 2. The monoisotopic (exact) mass is 251 g/mol. The Morgan fingerprint density at radius 3 is 2.11 bits per heavy atom. The quantitative estimate of drug-likeness (QED) is 0.750. The fourth-order valence-electron chi connectivity index (χ4n) is 1.85. The molecular formula is C15H25NO2. The summed E-state index contributed by atoms with van der Waals surface area (Å²) in [6.07, 6.45) is -0.996. The van der Waals surface area contributed by atoms with Gasteiger partial charge in [0, 0.05) is 0 Å². The Labute approximate surface area is 110 Å². The van der Waals surface area contributed by atoms with E-state index in [1.54, 1.807) is 0 Å². The zero-order chi connectivity index (χ0) is 13.8. The van der Waals surface area contributed by atoms with Crippen molar-refractivity contribution in [2.75, 3.05) is 13.6 Å². The first-order valence-electron chi connectivity index (χ1n) is 6.47. The highest BCUT2D eigenvalue weighted by molar-refractivity contribution is 5.29. The lowest BCUT2D eigenvalue weighted by Crippen LogP contribution is -2.23. The molecule has 1 aromatic rings. The van der Waals surface area contributed by atoms with Crippen LogP contribution >= 0.6 is 0 Å². The number of benzene rings is 1. The van der Waals surface area contributed by atoms with E-state index in [1.165, 1.54) is 5.56 Å². The third kappa shape index (κ3) is 4.09. The standard InChI is InChI=1S/C15H25NO2/c1-15(2,3)12-7-5-11(6-8-12)14(18)13(17)9-10-16-4/h5-8,13-14,16-18H,9-10H2,1-4H3. The van der Waals surface area contributed by atoms with E-state index in [9.17, 15) is 10.2 Å². The van der Waals surface area contributed by atoms with E-state index in [-0.39, 0.29) is 5.41 Å². The van der Waals surface area contributed by atoms with Gasteiger partial charge in [0.15, 0.2) is 0 Å². The summed E-state index contributed by atoms with van der Waals surface area (Å²) in [7, 11) is 1.83. The van der Waals surface area contributed by atoms with Crippen LogP contribution in [0.2, 0.25) is 0 Å². The van der Waals surface area contributed by atoms with Crippen molar-refractivity contribution in [3.8, 4) is 0 Å². The first-order valence-corrected chi connectivity index (χ1v) is 6.47. The van der Waals surface area contributed by atoms with E-state index in [2.05, 4.69) is 26.1 Å². The van der Waals surface area contributed by atoms with Crippen molar-refractivity contribution in [1.29, 1.82) is 0 Å². The topological polar surface area (TPSA) is 52.5 Å². The Bertz CT molecular complexity index is 354. The molecule has 0 heterocycles. The Morgan fingerprint density at radius 2 is 1.67 bits per heavy atom. The number of aliphatic hydroxyl groups excluding tert-OH is 2. The van der Waals surface area contributed by atoms with Crippen molar-refractivity contribution < 1.29 is 10.2 Å². The highest BCUT2D eigenvalue weighted by Crippen LogP contribution is 2.25. The summed E-state index contributed by atoms with van der Waals surface area (Å²) in [5.74, 6) is 0. The first-order chi connectivity index (χ1) is 8.36. The molecule has 3 N–H and O–H groups in total. The molecule has 102 valence electrons. The maximum absolute atomic E-state index is 10.0. The molecule has 1 aromatic carbocycles. The summed E-state index contributed by atoms with van der Waals surface area (Å²) >= 11 is 0. The fraction of sp³-hybridized carbons (Fsp3) is 0.600. The molecule has 0 saturated heterocycles. The van der Waals surface area contributed by atoms with Gasteiger partial charge >= 0.3 is 0 Å². The van der Waals surface area contributed by atoms with Gasteiger partial charge in [0.05, 0.1) is 6.10 Å². The average Bonchev–Trinajstić information content (AvgIpc) is 2.34. The first kappa shape index (κ1) is 15.2. The second-order valence-electron chi connectivity index (χ2n) is 5.78. The summed E-state index contributed by atoms with van der Waals surface area (Å²) in [6.45, 7) is 7.15. The van der Waals surface area contributed by atoms with E-state index in [4.69, 9.17) is 0 Å². The largest absolute Gasteiger partial charge is 0.390 e. The van der Waals surface area contributed by atoms with Crippen LogP contribution in [0.3, 0.4) is 0 Å². The van der Waals surface area contributed by atoms with Gasteiger partial charge in [0.25, 0.3) is 0 Å². The number of nitrogens with one attached hydrogen (secondary N) is 1. The van der Waals surface area contributed by atoms with E-state index in [0.29, 0.717) is 13.0 Å². The zero-order valence-corrected chi connectivity index (χ0v) is 11.8. The van der Waals surface area contributed by atoms with Crippen molar-refractivity contribution in [3.05, 3.63) is 35.4 Å². The maximum Gasteiger partial charge on any atom is 0.105 e. The second-order valence-corrected chi connectivity index (χ2v) is 5.78. The van der Waals surface area contributed by atoms with Crippen LogP contribution in [-0.2, 0) is 5.41 Å². The molecule has 0 aliphatic rings. The average molecular weight is 251 g/mol. The van der Waals surface area contributed by atoms with Gasteiger partial charge in [-0.3, -0.25) is 0 Å². The Kier molecular flexibility index (Phi) is 5.32. The van der Waals surface area contributed by atoms with Gasteiger partial charge in [-0.05, 0) is 36.6 Å². The molecular weight excluding hydrogens is 226 g/mol. The van der Waals surface area contributed by atoms with Crippen molar-refractivity contribution in [3.63, 3.8) is 0 Å². The molecule has 0 aliphatic carbocycles. The fourth-order valence-corrected chi connectivity index (χ4v) is 1.85. The Balaban J connectivity index is 2.72. The summed E-state index contributed by atoms with van der Waals surface area (Å²) in [6, 6.07) is 7.83. The van der Waals surface area contributed by atoms with Crippen LogP contribution in [0.15, 0.2) is 24.3 Å². The molecule has 0 aromatic heterocycles. The van der Waals surface area contributed by atoms with Crippen molar-refractivity contribution >= 4 is 0 Å². The van der Waals surface area contributed by atoms with E-state index < -0.39 is 12.2 Å². The molecule has 3 nitrogen and oxygen atoms in total. The van der Waals surface area contributed by atoms with Crippen molar-refractivity contribution in [1.82, 2.24) is 5.32 Å². The predicted octanol–water partition coefficient (Wildman–Crippen LogP) is 1.99. The van der Waals surface area contributed by atoms with Crippen LogP contribution in [0, 0.1) is 0 Å². The Hall–Kier alpha value is -0.900. The second kappa shape index (κ2) is 6.32. The van der Waals surface area contributed by atoms with Gasteiger partial charge in [0.2, 0.25) is 0 Å². The molecule has 2 atom stereocenters. The Morgan fingerprint density at radius 1 is 1.11 bits per heavy atom. The summed E-state index contributed by atoms with van der Waals surface area (Å²) in [5, 5.41) is 22.8. The minimum absolute atomic E-state index is 0.105. The van der Waals surface area contributed by atoms with E-state index >= 15 is 0 Å². The SMILES string of the molecule is CNCCC(O)C(O)c1ccc(C(C)(C)C)cc1. The molecule has 0 amide bonds. The van der Waals surface area contributed by atoms with Gasteiger partial charge < -0.3 is 15.5 Å². The lowest BCUT2D eigenvalue weighted by molar-refractivity contribution is 0.0140. The van der Waals surface area contributed by atoms with Gasteiger partial charge in [-0.25, -0.2) is 0 Å². The van der Waals surface area contributed by atoms with Crippen LogP contribution in [0.5, 0.6) is 0 Å². The number of hydrogen-bond donors (Lipinski definition) is 3. The lowest BCUT2D eigenvalue weighted by atomic mass is 9.86. The van der Waals surface area contributed by atoms with E-state index in [1.807, 2.05) is 31.3 Å². The molecule has 1 rings (SSSR count). The third-order valence-corrected chi connectivity index (χ3v) is 3.17. The zero-order valence-electron chi connectivity index (χ0n) is 11.8. The molecule has 3 heteroatoms. The molecule has 18 heavy (non-hydrogen) atoms. The van der Waals surface area contributed by atoms with Crippen LogP contribution in [0.4, 0.5) is 0 Å². The van der Waals surface area contributed by atoms with Gasteiger partial charge in [-0.1, -0.05) is 45.0 Å². The van der Waals surface area contributed by atoms with E-state index in [0.717, 1.165) is 5.56 Å². The van der Waals surface area contributed by atoms with Crippen molar-refractivity contribution in [2.45, 2.75) is 44.8 Å². The number of hydrogen-bond acceptors (Lipinski definition) is 3. The molecule has 0 fully saturated rings. The molecule has 0 spiro atoms. The van der Waals surface area contributed by atoms with Crippen LogP contribution in [-0.4, -0.2) is 29.9 Å². The molecule has 0 saturated carbocycles. The van der Waals surface area contributed by atoms with Crippen LogP contribution in [0.1, 0.15) is 44.4 Å². The highest BCUT2D eigenvalue weighted by Gasteiger charge is 2.19. The predicted molar refractivity (Wildman–Crippen MR) is 74.7 cm³/mol. The minimum Gasteiger partial charge on any atom is -0.390 e. The molecule has 2 unspecified atom stereocenters. The summed E-state index contributed by atoms with van der Waals surface area (Å²) < 4.78 is 0. The van der Waals surface area contributed by atoms with Crippen LogP contribution < -0.4 is 5.32 Å². The van der Waals surface area contributed by atoms with Gasteiger partial charge in [0.1, 0.15) is 6.10 Å². The smallest absolute Gasteiger partial charge is 0.105 e. The van der Waals surface area contributed by atoms with Gasteiger partial charge in [-0.2, -0.15) is 0 Å². The maximum atomic E-state index is 10.0. The normalized spacial score (nSPS) is 15.4. The molecule has 0 aliphatic heterocycles. The molecule has 0 bridgehead atoms. The highest BCUT2D eigenvalue weighted by atomic mass is 16.3. The third-order valence-electron chi connectivity index (χ3n) is 3.17. The summed E-state index contributed by atoms with van der Waals surface area (Å²) in [4.78, 5) is 0. The number of rotatable bonds is 5. The van der Waals surface area contributed by atoms with Crippen LogP contribution in [0.25, 0.3) is 0 Å². The van der Waals surface area contributed by atoms with Gasteiger partial charge in [-0.15, -0.1) is 0 Å². The minimum atomic E-state index is -0.813. The lowest BCUT2D eigenvalue weighted by Gasteiger charge is -2.21. The summed E-state index contributed by atoms with van der Waals surface area (Å²) in [5.41, 5.74) is 2.10. The van der Waals surface area contributed by atoms with Crippen molar-refractivity contribution in [2.24, 2.45) is 0 Å².